The largest absolute Gasteiger partial charge is 0.493 e. The summed E-state index contributed by atoms with van der Waals surface area (Å²) in [6.45, 7) is 6.21. The van der Waals surface area contributed by atoms with E-state index in [-0.39, 0.29) is 0 Å². The van der Waals surface area contributed by atoms with E-state index in [9.17, 15) is 0 Å². The van der Waals surface area contributed by atoms with Gasteiger partial charge < -0.3 is 10.1 Å². The molecule has 2 nitrogen and oxygen atoms in total. The van der Waals surface area contributed by atoms with Crippen molar-refractivity contribution >= 4 is 11.3 Å². The minimum atomic E-state index is 0.422. The van der Waals surface area contributed by atoms with E-state index in [1.165, 1.54) is 10.4 Å². The highest BCUT2D eigenvalue weighted by Gasteiger charge is 2.08. The second kappa shape index (κ2) is 8.85. The highest BCUT2D eigenvalue weighted by molar-refractivity contribution is 7.09. The summed E-state index contributed by atoms with van der Waals surface area (Å²) in [5.74, 6) is 0.973. The summed E-state index contributed by atoms with van der Waals surface area (Å²) in [7, 11) is 0. The van der Waals surface area contributed by atoms with Crippen molar-refractivity contribution in [3.05, 3.63) is 52.2 Å². The van der Waals surface area contributed by atoms with Gasteiger partial charge in [0.25, 0.3) is 0 Å². The standard InChI is InChI=1S/C18H25NOS/c1-3-11-19-18(4-2)15-7-5-8-16(14-15)20-12-10-17-9-6-13-21-17/h5-9,13-14,18-19H,3-4,10-12H2,1-2H3. The van der Waals surface area contributed by atoms with Crippen LogP contribution >= 0.6 is 11.3 Å². The van der Waals surface area contributed by atoms with Crippen LogP contribution < -0.4 is 10.1 Å². The monoisotopic (exact) mass is 303 g/mol. The molecule has 0 amide bonds. The third-order valence-corrected chi connectivity index (χ3v) is 4.44. The summed E-state index contributed by atoms with van der Waals surface area (Å²) >= 11 is 1.79. The van der Waals surface area contributed by atoms with Crippen LogP contribution in [0.5, 0.6) is 5.75 Å². The predicted molar refractivity (Wildman–Crippen MR) is 91.3 cm³/mol. The summed E-state index contributed by atoms with van der Waals surface area (Å²) in [6.07, 6.45) is 3.24. The molecule has 0 saturated carbocycles. The van der Waals surface area contributed by atoms with E-state index in [4.69, 9.17) is 4.74 Å². The van der Waals surface area contributed by atoms with E-state index in [1.54, 1.807) is 11.3 Å². The molecule has 114 valence electrons. The summed E-state index contributed by atoms with van der Waals surface area (Å²) in [5.41, 5.74) is 1.32. The van der Waals surface area contributed by atoms with Crippen LogP contribution in [0.2, 0.25) is 0 Å². The number of benzene rings is 1. The molecule has 0 spiro atoms. The fraction of sp³-hybridized carbons (Fsp3) is 0.444. The Bertz CT molecular complexity index is 510. The van der Waals surface area contributed by atoms with Crippen molar-refractivity contribution in [1.82, 2.24) is 5.32 Å². The molecule has 1 unspecified atom stereocenters. The molecular formula is C18H25NOS. The minimum Gasteiger partial charge on any atom is -0.493 e. The van der Waals surface area contributed by atoms with Crippen LogP contribution in [-0.2, 0) is 6.42 Å². The van der Waals surface area contributed by atoms with Gasteiger partial charge in [-0.2, -0.15) is 0 Å². The quantitative estimate of drug-likeness (QED) is 0.717. The topological polar surface area (TPSA) is 21.3 Å². The van der Waals surface area contributed by atoms with Crippen LogP contribution in [0.25, 0.3) is 0 Å². The van der Waals surface area contributed by atoms with Crippen LogP contribution in [0.15, 0.2) is 41.8 Å². The van der Waals surface area contributed by atoms with Crippen molar-refractivity contribution in [2.45, 2.75) is 39.2 Å². The summed E-state index contributed by atoms with van der Waals surface area (Å²) in [5, 5.41) is 5.70. The molecule has 0 fully saturated rings. The van der Waals surface area contributed by atoms with Crippen LogP contribution in [0.1, 0.15) is 43.2 Å². The van der Waals surface area contributed by atoms with Gasteiger partial charge in [-0.1, -0.05) is 32.0 Å². The molecule has 1 N–H and O–H groups in total. The average Bonchev–Trinajstić information content (AvgIpc) is 3.02. The maximum Gasteiger partial charge on any atom is 0.119 e. The highest BCUT2D eigenvalue weighted by Crippen LogP contribution is 2.22. The molecule has 1 atom stereocenters. The van der Waals surface area contributed by atoms with Crippen molar-refractivity contribution in [3.63, 3.8) is 0 Å². The van der Waals surface area contributed by atoms with E-state index in [0.717, 1.165) is 38.2 Å². The maximum atomic E-state index is 5.90. The summed E-state index contributed by atoms with van der Waals surface area (Å²) in [6, 6.07) is 13.2. The molecule has 0 radical (unpaired) electrons. The number of hydrogen-bond donors (Lipinski definition) is 1. The second-order valence-corrected chi connectivity index (χ2v) is 6.20. The lowest BCUT2D eigenvalue weighted by Crippen LogP contribution is -2.21. The molecule has 0 aliphatic rings. The fourth-order valence-corrected chi connectivity index (χ4v) is 3.05. The first-order valence-corrected chi connectivity index (χ1v) is 8.70. The third-order valence-electron chi connectivity index (χ3n) is 3.51. The lowest BCUT2D eigenvalue weighted by Gasteiger charge is -2.18. The Hall–Kier alpha value is -1.32. The Morgan fingerprint density at radius 1 is 1.19 bits per heavy atom. The third kappa shape index (κ3) is 5.18. The van der Waals surface area contributed by atoms with Gasteiger partial charge in [0.15, 0.2) is 0 Å². The highest BCUT2D eigenvalue weighted by atomic mass is 32.1. The zero-order valence-corrected chi connectivity index (χ0v) is 13.8. The summed E-state index contributed by atoms with van der Waals surface area (Å²) in [4.78, 5) is 1.38. The van der Waals surface area contributed by atoms with Gasteiger partial charge >= 0.3 is 0 Å². The number of ether oxygens (including phenoxy) is 1. The van der Waals surface area contributed by atoms with Gasteiger partial charge in [-0.25, -0.2) is 0 Å². The van der Waals surface area contributed by atoms with E-state index in [1.807, 2.05) is 6.07 Å². The zero-order chi connectivity index (χ0) is 14.9. The molecule has 0 aliphatic heterocycles. The van der Waals surface area contributed by atoms with Gasteiger partial charge in [-0.3, -0.25) is 0 Å². The Kier molecular flexibility index (Phi) is 6.77. The van der Waals surface area contributed by atoms with Gasteiger partial charge in [0.2, 0.25) is 0 Å². The molecule has 0 aliphatic carbocycles. The van der Waals surface area contributed by atoms with E-state index in [2.05, 4.69) is 54.9 Å². The van der Waals surface area contributed by atoms with Gasteiger partial charge in [0.1, 0.15) is 5.75 Å². The van der Waals surface area contributed by atoms with Gasteiger partial charge in [-0.05, 0) is 48.5 Å². The Morgan fingerprint density at radius 3 is 2.81 bits per heavy atom. The molecule has 21 heavy (non-hydrogen) atoms. The van der Waals surface area contributed by atoms with E-state index >= 15 is 0 Å². The fourth-order valence-electron chi connectivity index (χ4n) is 2.36. The molecule has 3 heteroatoms. The Morgan fingerprint density at radius 2 is 2.10 bits per heavy atom. The van der Waals surface area contributed by atoms with Crippen molar-refractivity contribution < 1.29 is 4.74 Å². The molecule has 1 heterocycles. The van der Waals surface area contributed by atoms with Crippen molar-refractivity contribution in [2.24, 2.45) is 0 Å². The predicted octanol–water partition coefficient (Wildman–Crippen LogP) is 4.82. The number of hydrogen-bond acceptors (Lipinski definition) is 3. The van der Waals surface area contributed by atoms with Crippen molar-refractivity contribution in [1.29, 1.82) is 0 Å². The summed E-state index contributed by atoms with van der Waals surface area (Å²) < 4.78 is 5.90. The SMILES string of the molecule is CCCNC(CC)c1cccc(OCCc2cccs2)c1. The Labute approximate surface area is 132 Å². The molecule has 2 rings (SSSR count). The first-order valence-electron chi connectivity index (χ1n) is 7.82. The molecule has 0 bridgehead atoms. The van der Waals surface area contributed by atoms with Crippen LogP contribution in [-0.4, -0.2) is 13.2 Å². The average molecular weight is 303 g/mol. The molecule has 1 aromatic heterocycles. The molecule has 0 saturated heterocycles. The van der Waals surface area contributed by atoms with Crippen molar-refractivity contribution in [2.75, 3.05) is 13.2 Å². The zero-order valence-electron chi connectivity index (χ0n) is 13.0. The van der Waals surface area contributed by atoms with Crippen LogP contribution in [0, 0.1) is 0 Å². The van der Waals surface area contributed by atoms with E-state index < -0.39 is 0 Å². The van der Waals surface area contributed by atoms with Crippen molar-refractivity contribution in [3.8, 4) is 5.75 Å². The number of nitrogens with one attached hydrogen (secondary N) is 1. The van der Waals surface area contributed by atoms with Gasteiger partial charge in [-0.15, -0.1) is 11.3 Å². The molecule has 2 aromatic rings. The minimum absolute atomic E-state index is 0.422. The lowest BCUT2D eigenvalue weighted by molar-refractivity contribution is 0.322. The number of thiophene rings is 1. The maximum absolute atomic E-state index is 5.90. The normalized spacial score (nSPS) is 12.3. The lowest BCUT2D eigenvalue weighted by atomic mass is 10.0. The van der Waals surface area contributed by atoms with Crippen LogP contribution in [0.4, 0.5) is 0 Å². The van der Waals surface area contributed by atoms with Crippen LogP contribution in [0.3, 0.4) is 0 Å². The first kappa shape index (κ1) is 16.1. The second-order valence-electron chi connectivity index (χ2n) is 5.17. The smallest absolute Gasteiger partial charge is 0.119 e. The van der Waals surface area contributed by atoms with Gasteiger partial charge in [0.05, 0.1) is 6.61 Å². The molecular weight excluding hydrogens is 278 g/mol. The molecule has 1 aromatic carbocycles. The van der Waals surface area contributed by atoms with E-state index in [0.29, 0.717) is 6.04 Å². The first-order chi connectivity index (χ1) is 10.3. The van der Waals surface area contributed by atoms with Gasteiger partial charge in [0, 0.05) is 17.3 Å². The Balaban J connectivity index is 1.90. The number of rotatable bonds is 9.